The molecule has 10 atom stereocenters. The molecule has 0 radical (unpaired) electrons. The number of hydrogen-bond donors (Lipinski definition) is 6. The lowest BCUT2D eigenvalue weighted by Gasteiger charge is -2.44. The van der Waals surface area contributed by atoms with Gasteiger partial charge in [0.15, 0.2) is 12.6 Å². The van der Waals surface area contributed by atoms with Gasteiger partial charge in [0.05, 0.1) is 12.2 Å². The lowest BCUT2D eigenvalue weighted by Crippen LogP contribution is -2.63. The maximum atomic E-state index is 9.96. The first-order chi connectivity index (χ1) is 9.73. The van der Waals surface area contributed by atoms with Crippen molar-refractivity contribution in [2.45, 2.75) is 75.3 Å². The van der Waals surface area contributed by atoms with Crippen LogP contribution in [0.25, 0.3) is 0 Å². The number of hydrogen-bond acceptors (Lipinski definition) is 9. The van der Waals surface area contributed by atoms with Gasteiger partial charge in [-0.05, 0) is 13.8 Å². The van der Waals surface area contributed by atoms with Crippen molar-refractivity contribution in [3.05, 3.63) is 0 Å². The molecule has 0 aliphatic carbocycles. The minimum atomic E-state index is -1.56. The van der Waals surface area contributed by atoms with Gasteiger partial charge in [-0.3, -0.25) is 0 Å². The summed E-state index contributed by atoms with van der Waals surface area (Å²) >= 11 is 0. The third-order valence-corrected chi connectivity index (χ3v) is 3.90. The summed E-state index contributed by atoms with van der Waals surface area (Å²) in [4.78, 5) is 0. The zero-order valence-corrected chi connectivity index (χ0v) is 11.7. The molecule has 2 aliphatic heterocycles. The SMILES string of the molecule is C[C@@H]1O[C@H](O[C@@H]2[C@@H](O)[C@H](C)O[C@H](O)[C@@H]2O)[C@H](O)[C@H](O)[C@H]1O. The summed E-state index contributed by atoms with van der Waals surface area (Å²) in [5.41, 5.74) is 0. The van der Waals surface area contributed by atoms with Gasteiger partial charge < -0.3 is 44.8 Å². The van der Waals surface area contributed by atoms with E-state index in [1.165, 1.54) is 13.8 Å². The van der Waals surface area contributed by atoms with Crippen molar-refractivity contribution in [1.29, 1.82) is 0 Å². The lowest BCUT2D eigenvalue weighted by molar-refractivity contribution is -0.349. The molecule has 9 nitrogen and oxygen atoms in total. The van der Waals surface area contributed by atoms with Crippen LogP contribution in [0.15, 0.2) is 0 Å². The van der Waals surface area contributed by atoms with Gasteiger partial charge in [0, 0.05) is 0 Å². The molecule has 2 heterocycles. The molecule has 0 bridgehead atoms. The van der Waals surface area contributed by atoms with E-state index in [4.69, 9.17) is 14.2 Å². The van der Waals surface area contributed by atoms with Gasteiger partial charge in [-0.15, -0.1) is 0 Å². The third-order valence-electron chi connectivity index (χ3n) is 3.90. The molecule has 0 aromatic rings. The first-order valence-electron chi connectivity index (χ1n) is 6.78. The summed E-state index contributed by atoms with van der Waals surface area (Å²) in [6.07, 6.45) is -13.0. The Labute approximate surface area is 121 Å². The average molecular weight is 310 g/mol. The average Bonchev–Trinajstić information content (AvgIpc) is 2.44. The smallest absolute Gasteiger partial charge is 0.187 e. The van der Waals surface area contributed by atoms with Crippen molar-refractivity contribution >= 4 is 0 Å². The van der Waals surface area contributed by atoms with Crippen LogP contribution in [0.1, 0.15) is 13.8 Å². The predicted octanol–water partition coefficient (Wildman–Crippen LogP) is -3.34. The van der Waals surface area contributed by atoms with Gasteiger partial charge in [0.2, 0.25) is 0 Å². The summed E-state index contributed by atoms with van der Waals surface area (Å²) in [6, 6.07) is 0. The number of rotatable bonds is 2. The molecule has 0 unspecified atom stereocenters. The fourth-order valence-corrected chi connectivity index (χ4v) is 2.45. The number of aliphatic hydroxyl groups excluding tert-OH is 6. The van der Waals surface area contributed by atoms with E-state index in [0.717, 1.165) is 0 Å². The van der Waals surface area contributed by atoms with Gasteiger partial charge in [0.25, 0.3) is 0 Å². The fourth-order valence-electron chi connectivity index (χ4n) is 2.45. The Morgan fingerprint density at radius 2 is 1.24 bits per heavy atom. The van der Waals surface area contributed by atoms with Gasteiger partial charge in [-0.2, -0.15) is 0 Å². The zero-order valence-electron chi connectivity index (χ0n) is 11.7. The predicted molar refractivity (Wildman–Crippen MR) is 65.8 cm³/mol. The minimum absolute atomic E-state index is 0.804. The molecule has 0 amide bonds. The quantitative estimate of drug-likeness (QED) is 0.308. The Morgan fingerprint density at radius 3 is 1.86 bits per heavy atom. The fraction of sp³-hybridized carbons (Fsp3) is 1.00. The molecular formula is C12H22O9. The summed E-state index contributed by atoms with van der Waals surface area (Å²) in [5, 5.41) is 58.4. The number of aliphatic hydroxyl groups is 6. The van der Waals surface area contributed by atoms with Crippen LogP contribution in [0.2, 0.25) is 0 Å². The normalized spacial score (nSPS) is 55.4. The lowest BCUT2D eigenvalue weighted by atomic mass is 9.97. The van der Waals surface area contributed by atoms with Gasteiger partial charge >= 0.3 is 0 Å². The maximum absolute atomic E-state index is 9.96. The Bertz CT molecular complexity index is 340. The van der Waals surface area contributed by atoms with E-state index in [9.17, 15) is 30.6 Å². The van der Waals surface area contributed by atoms with Crippen LogP contribution in [0, 0.1) is 0 Å². The molecule has 2 aliphatic rings. The van der Waals surface area contributed by atoms with Crippen LogP contribution in [-0.2, 0) is 14.2 Å². The molecular weight excluding hydrogens is 288 g/mol. The highest BCUT2D eigenvalue weighted by Gasteiger charge is 2.48. The Balaban J connectivity index is 2.08. The van der Waals surface area contributed by atoms with Crippen LogP contribution < -0.4 is 0 Å². The molecule has 9 heteroatoms. The van der Waals surface area contributed by atoms with Crippen LogP contribution in [-0.4, -0.2) is 92.1 Å². The minimum Gasteiger partial charge on any atom is -0.388 e. The third kappa shape index (κ3) is 3.21. The molecule has 124 valence electrons. The monoisotopic (exact) mass is 310 g/mol. The van der Waals surface area contributed by atoms with Crippen molar-refractivity contribution in [1.82, 2.24) is 0 Å². The van der Waals surface area contributed by atoms with E-state index in [-0.39, 0.29) is 0 Å². The molecule has 2 rings (SSSR count). The first-order valence-corrected chi connectivity index (χ1v) is 6.78. The van der Waals surface area contributed by atoms with Crippen molar-refractivity contribution < 1.29 is 44.8 Å². The Morgan fingerprint density at radius 1 is 0.667 bits per heavy atom. The van der Waals surface area contributed by atoms with Gasteiger partial charge in [-0.1, -0.05) is 0 Å². The molecule has 0 spiro atoms. The second kappa shape index (κ2) is 6.41. The topological polar surface area (TPSA) is 149 Å². The largest absolute Gasteiger partial charge is 0.388 e. The van der Waals surface area contributed by atoms with Crippen LogP contribution in [0.5, 0.6) is 0 Å². The van der Waals surface area contributed by atoms with Crippen molar-refractivity contribution in [3.63, 3.8) is 0 Å². The van der Waals surface area contributed by atoms with E-state index in [2.05, 4.69) is 0 Å². The van der Waals surface area contributed by atoms with Crippen LogP contribution in [0.4, 0.5) is 0 Å². The van der Waals surface area contributed by atoms with Crippen molar-refractivity contribution in [2.24, 2.45) is 0 Å². The van der Waals surface area contributed by atoms with Gasteiger partial charge in [-0.25, -0.2) is 0 Å². The van der Waals surface area contributed by atoms with E-state index in [1.807, 2.05) is 0 Å². The first kappa shape index (κ1) is 17.0. The highest BCUT2D eigenvalue weighted by atomic mass is 16.7. The molecule has 6 N–H and O–H groups in total. The zero-order chi connectivity index (χ0) is 15.9. The molecule has 2 saturated heterocycles. The molecule has 0 aromatic heterocycles. The standard InChI is InChI=1S/C12H22O9/c1-3-5(13)7(15)8(16)12(20-3)21-10-6(14)4(2)19-11(18)9(10)17/h3-18H,1-2H3/t3-,4-,5-,6-,7+,8+,9+,10+,11-,12+/m0/s1. The maximum Gasteiger partial charge on any atom is 0.187 e. The van der Waals surface area contributed by atoms with E-state index < -0.39 is 61.4 Å². The summed E-state index contributed by atoms with van der Waals surface area (Å²) < 4.78 is 15.4. The molecule has 0 aromatic carbocycles. The number of ether oxygens (including phenoxy) is 3. The highest BCUT2D eigenvalue weighted by molar-refractivity contribution is 4.92. The highest BCUT2D eigenvalue weighted by Crippen LogP contribution is 2.28. The Kier molecular flexibility index (Phi) is 5.19. The van der Waals surface area contributed by atoms with Crippen molar-refractivity contribution in [2.75, 3.05) is 0 Å². The van der Waals surface area contributed by atoms with Crippen LogP contribution >= 0.6 is 0 Å². The summed E-state index contributed by atoms with van der Waals surface area (Å²) in [7, 11) is 0. The second-order valence-electron chi connectivity index (χ2n) is 5.50. The summed E-state index contributed by atoms with van der Waals surface area (Å²) in [5.74, 6) is 0. The Hall–Kier alpha value is -0.360. The summed E-state index contributed by atoms with van der Waals surface area (Å²) in [6.45, 7) is 2.96. The molecule has 21 heavy (non-hydrogen) atoms. The van der Waals surface area contributed by atoms with Gasteiger partial charge in [0.1, 0.15) is 36.6 Å². The molecule has 0 saturated carbocycles. The molecule has 2 fully saturated rings. The van der Waals surface area contributed by atoms with E-state index in [0.29, 0.717) is 0 Å². The van der Waals surface area contributed by atoms with E-state index in [1.54, 1.807) is 0 Å². The van der Waals surface area contributed by atoms with Crippen molar-refractivity contribution in [3.8, 4) is 0 Å². The second-order valence-corrected chi connectivity index (χ2v) is 5.50. The van der Waals surface area contributed by atoms with E-state index >= 15 is 0 Å². The van der Waals surface area contributed by atoms with Crippen LogP contribution in [0.3, 0.4) is 0 Å².